The van der Waals surface area contributed by atoms with Gasteiger partial charge >= 0.3 is 0 Å². The smallest absolute Gasteiger partial charge is 0.0369 e. The summed E-state index contributed by atoms with van der Waals surface area (Å²) in [5, 5.41) is 4.47. The van der Waals surface area contributed by atoms with Gasteiger partial charge in [-0.25, -0.2) is 0 Å². The largest absolute Gasteiger partial charge is 0.314 e. The molecule has 0 radical (unpaired) electrons. The van der Waals surface area contributed by atoms with Crippen LogP contribution in [0.15, 0.2) is 34.9 Å². The van der Waals surface area contributed by atoms with Crippen molar-refractivity contribution in [3.8, 4) is 0 Å². The van der Waals surface area contributed by atoms with Crippen LogP contribution in [-0.4, -0.2) is 12.6 Å². The number of halogens is 1. The first-order chi connectivity index (χ1) is 8.29. The van der Waals surface area contributed by atoms with Gasteiger partial charge in [-0.05, 0) is 50.6 Å². The van der Waals surface area contributed by atoms with Crippen molar-refractivity contribution in [1.82, 2.24) is 5.32 Å². The molecule has 0 spiro atoms. The first-order valence-corrected chi connectivity index (χ1v) is 7.13. The van der Waals surface area contributed by atoms with Gasteiger partial charge in [0.05, 0.1) is 0 Å². The molecule has 1 nitrogen and oxygen atoms in total. The van der Waals surface area contributed by atoms with Crippen LogP contribution >= 0.6 is 11.6 Å². The van der Waals surface area contributed by atoms with Gasteiger partial charge in [0.15, 0.2) is 0 Å². The molecule has 0 bridgehead atoms. The fraction of sp³-hybridized carbons (Fsp3) is 0.600. The quantitative estimate of drug-likeness (QED) is 0.743. The Morgan fingerprint density at radius 1 is 1.47 bits per heavy atom. The van der Waals surface area contributed by atoms with E-state index >= 15 is 0 Å². The number of allylic oxidation sites excluding steroid dienone is 5. The maximum atomic E-state index is 6.18. The third kappa shape index (κ3) is 3.72. The summed E-state index contributed by atoms with van der Waals surface area (Å²) >= 11 is 6.18. The summed E-state index contributed by atoms with van der Waals surface area (Å²) in [7, 11) is 0. The van der Waals surface area contributed by atoms with Gasteiger partial charge in [-0.3, -0.25) is 0 Å². The van der Waals surface area contributed by atoms with Crippen LogP contribution in [0.25, 0.3) is 0 Å². The minimum absolute atomic E-state index is 0.523. The monoisotopic (exact) mass is 251 g/mol. The molecule has 94 valence electrons. The van der Waals surface area contributed by atoms with Crippen molar-refractivity contribution in [3.05, 3.63) is 34.9 Å². The Kier molecular flexibility index (Phi) is 4.87. The van der Waals surface area contributed by atoms with Gasteiger partial charge in [0.1, 0.15) is 0 Å². The third-order valence-corrected chi connectivity index (χ3v) is 3.97. The molecule has 2 unspecified atom stereocenters. The highest BCUT2D eigenvalue weighted by atomic mass is 35.5. The first-order valence-electron chi connectivity index (χ1n) is 6.75. The van der Waals surface area contributed by atoms with Crippen LogP contribution in [-0.2, 0) is 0 Å². The molecule has 1 aliphatic carbocycles. The molecule has 0 aromatic rings. The van der Waals surface area contributed by atoms with Gasteiger partial charge in [-0.15, -0.1) is 0 Å². The molecule has 2 atom stereocenters. The maximum absolute atomic E-state index is 6.18. The van der Waals surface area contributed by atoms with E-state index in [4.69, 9.17) is 11.6 Å². The fourth-order valence-electron chi connectivity index (χ4n) is 2.74. The van der Waals surface area contributed by atoms with Gasteiger partial charge in [-0.1, -0.05) is 42.3 Å². The predicted octanol–water partition coefficient (Wildman–Crippen LogP) is 4.16. The van der Waals surface area contributed by atoms with Gasteiger partial charge < -0.3 is 5.32 Å². The molecule has 2 aliphatic rings. The predicted molar refractivity (Wildman–Crippen MR) is 75.2 cm³/mol. The van der Waals surface area contributed by atoms with Crippen molar-refractivity contribution >= 4 is 11.6 Å². The molecular formula is C15H22ClN. The minimum Gasteiger partial charge on any atom is -0.314 e. The van der Waals surface area contributed by atoms with E-state index in [1.165, 1.54) is 25.8 Å². The summed E-state index contributed by atoms with van der Waals surface area (Å²) in [5.74, 6) is 0.523. The molecule has 1 fully saturated rings. The normalized spacial score (nSPS) is 32.6. The van der Waals surface area contributed by atoms with Crippen molar-refractivity contribution in [1.29, 1.82) is 0 Å². The van der Waals surface area contributed by atoms with Crippen molar-refractivity contribution in [2.24, 2.45) is 5.92 Å². The van der Waals surface area contributed by atoms with E-state index in [0.29, 0.717) is 12.0 Å². The molecule has 0 aromatic carbocycles. The number of rotatable bonds is 3. The minimum atomic E-state index is 0.523. The topological polar surface area (TPSA) is 12.0 Å². The zero-order valence-electron chi connectivity index (χ0n) is 10.6. The lowest BCUT2D eigenvalue weighted by molar-refractivity contribution is 0.558. The Balaban J connectivity index is 2.08. The second-order valence-electron chi connectivity index (χ2n) is 4.98. The van der Waals surface area contributed by atoms with Crippen LogP contribution in [0.2, 0.25) is 0 Å². The molecule has 17 heavy (non-hydrogen) atoms. The van der Waals surface area contributed by atoms with Crippen LogP contribution in [0.1, 0.15) is 39.0 Å². The summed E-state index contributed by atoms with van der Waals surface area (Å²) in [6, 6.07) is 0.686. The van der Waals surface area contributed by atoms with E-state index in [1.54, 1.807) is 5.57 Å². The lowest BCUT2D eigenvalue weighted by Crippen LogP contribution is -2.23. The summed E-state index contributed by atoms with van der Waals surface area (Å²) in [6.07, 6.45) is 14.8. The average Bonchev–Trinajstić information content (AvgIpc) is 2.80. The molecule has 0 amide bonds. The highest BCUT2D eigenvalue weighted by molar-refractivity contribution is 6.31. The molecule has 2 rings (SSSR count). The summed E-state index contributed by atoms with van der Waals surface area (Å²) < 4.78 is 0. The molecule has 1 aliphatic heterocycles. The molecule has 0 aromatic heterocycles. The highest BCUT2D eigenvalue weighted by Gasteiger charge is 2.19. The Bertz CT molecular complexity index is 335. The summed E-state index contributed by atoms with van der Waals surface area (Å²) in [5.41, 5.74) is 1.56. The molecule has 1 heterocycles. The van der Waals surface area contributed by atoms with E-state index in [-0.39, 0.29) is 0 Å². The van der Waals surface area contributed by atoms with Crippen LogP contribution in [0.3, 0.4) is 0 Å². The van der Waals surface area contributed by atoms with E-state index in [2.05, 4.69) is 30.5 Å². The van der Waals surface area contributed by atoms with E-state index in [9.17, 15) is 0 Å². The molecular weight excluding hydrogens is 230 g/mol. The Labute approximate surface area is 110 Å². The van der Waals surface area contributed by atoms with Gasteiger partial charge in [0.2, 0.25) is 0 Å². The maximum Gasteiger partial charge on any atom is 0.0369 e. The van der Waals surface area contributed by atoms with Crippen molar-refractivity contribution in [2.75, 3.05) is 6.54 Å². The van der Waals surface area contributed by atoms with Crippen LogP contribution < -0.4 is 5.32 Å². The zero-order valence-corrected chi connectivity index (χ0v) is 11.3. The molecule has 1 N–H and O–H groups in total. The summed E-state index contributed by atoms with van der Waals surface area (Å²) in [4.78, 5) is 0. The Morgan fingerprint density at radius 3 is 3.06 bits per heavy atom. The van der Waals surface area contributed by atoms with Crippen molar-refractivity contribution < 1.29 is 0 Å². The van der Waals surface area contributed by atoms with E-state index in [1.807, 2.05) is 6.08 Å². The Hall–Kier alpha value is -0.530. The first kappa shape index (κ1) is 12.9. The van der Waals surface area contributed by atoms with E-state index in [0.717, 1.165) is 17.9 Å². The Morgan fingerprint density at radius 2 is 2.35 bits per heavy atom. The number of hydrogen-bond acceptors (Lipinski definition) is 1. The van der Waals surface area contributed by atoms with Gasteiger partial charge in [-0.2, -0.15) is 0 Å². The second kappa shape index (κ2) is 6.42. The number of nitrogens with one attached hydrogen (secondary N) is 1. The number of hydrogen-bond donors (Lipinski definition) is 1. The van der Waals surface area contributed by atoms with Crippen LogP contribution in [0.5, 0.6) is 0 Å². The SMILES string of the molecule is CCC1/C=C(\Cl)C=CCC=C1CC1CCCN1. The fourth-order valence-corrected chi connectivity index (χ4v) is 2.98. The standard InChI is InChI=1S/C15H22ClN/c1-2-12-10-14(16)7-4-3-6-13(12)11-15-8-5-9-17-15/h4,6-7,10,12,15,17H,2-3,5,8-9,11H2,1H3/b7-4?,13-6?,14-10-. The second-order valence-corrected chi connectivity index (χ2v) is 5.42. The van der Waals surface area contributed by atoms with Gasteiger partial charge in [0.25, 0.3) is 0 Å². The molecule has 2 heteroatoms. The van der Waals surface area contributed by atoms with Crippen molar-refractivity contribution in [3.63, 3.8) is 0 Å². The van der Waals surface area contributed by atoms with E-state index < -0.39 is 0 Å². The van der Waals surface area contributed by atoms with Crippen molar-refractivity contribution in [2.45, 2.75) is 45.1 Å². The highest BCUT2D eigenvalue weighted by Crippen LogP contribution is 2.28. The summed E-state index contributed by atoms with van der Waals surface area (Å²) in [6.45, 7) is 3.43. The average molecular weight is 252 g/mol. The molecule has 0 saturated carbocycles. The zero-order chi connectivity index (χ0) is 12.1. The van der Waals surface area contributed by atoms with Gasteiger partial charge in [0, 0.05) is 11.1 Å². The molecule has 1 saturated heterocycles. The van der Waals surface area contributed by atoms with Crippen LogP contribution in [0, 0.1) is 5.92 Å². The third-order valence-electron chi connectivity index (χ3n) is 3.71. The van der Waals surface area contributed by atoms with Crippen LogP contribution in [0.4, 0.5) is 0 Å². The lowest BCUT2D eigenvalue weighted by Gasteiger charge is -2.20. The lowest BCUT2D eigenvalue weighted by atomic mass is 9.88.